The van der Waals surface area contributed by atoms with Crippen molar-refractivity contribution in [2.24, 2.45) is 7.05 Å². The number of carbonyl (C=O) groups excluding carboxylic acids is 1. The number of para-hydroxylation sites is 1. The number of anilines is 4. The van der Waals surface area contributed by atoms with Crippen molar-refractivity contribution in [2.75, 3.05) is 16.0 Å². The van der Waals surface area contributed by atoms with Crippen molar-refractivity contribution in [3.8, 4) is 11.3 Å². The number of hydrogen-bond acceptors (Lipinski definition) is 3. The van der Waals surface area contributed by atoms with Crippen molar-refractivity contribution in [3.05, 3.63) is 91.0 Å². The maximum Gasteiger partial charge on any atom is 0.332 e. The first-order chi connectivity index (χ1) is 14.1. The third-order valence-corrected chi connectivity index (χ3v) is 4.55. The van der Waals surface area contributed by atoms with Crippen LogP contribution in [0.4, 0.5) is 27.7 Å². The number of aryl methyl sites for hydroxylation is 1. The third-order valence-electron chi connectivity index (χ3n) is 4.55. The van der Waals surface area contributed by atoms with E-state index in [1.165, 1.54) is 0 Å². The molecule has 1 heterocycles. The quantitative estimate of drug-likeness (QED) is 0.485. The topological polar surface area (TPSA) is 76.2 Å². The maximum absolute atomic E-state index is 13.2. The molecule has 144 valence electrons. The highest BCUT2D eigenvalue weighted by Gasteiger charge is 2.19. The normalized spacial score (nSPS) is 10.5. The molecule has 3 N–H and O–H groups in total. The summed E-state index contributed by atoms with van der Waals surface area (Å²) < 4.78 is 1.75. The van der Waals surface area contributed by atoms with E-state index in [1.807, 2.05) is 85.9 Å². The Morgan fingerprint density at radius 3 is 2.14 bits per heavy atom. The molecule has 6 nitrogen and oxygen atoms in total. The van der Waals surface area contributed by atoms with Gasteiger partial charge in [-0.2, -0.15) is 5.10 Å². The van der Waals surface area contributed by atoms with Crippen molar-refractivity contribution >= 4 is 28.9 Å². The average molecular weight is 383 g/mol. The fourth-order valence-corrected chi connectivity index (χ4v) is 3.16. The number of nitrogens with two attached hydrogens (primary N) is 1. The van der Waals surface area contributed by atoms with Crippen LogP contribution in [0.25, 0.3) is 11.3 Å². The molecule has 0 aliphatic carbocycles. The van der Waals surface area contributed by atoms with E-state index in [9.17, 15) is 4.79 Å². The minimum atomic E-state index is -0.307. The van der Waals surface area contributed by atoms with Crippen LogP contribution in [0.3, 0.4) is 0 Å². The molecule has 0 spiro atoms. The first kappa shape index (κ1) is 18.3. The van der Waals surface area contributed by atoms with E-state index in [1.54, 1.807) is 21.7 Å². The van der Waals surface area contributed by atoms with E-state index in [0.29, 0.717) is 17.2 Å². The van der Waals surface area contributed by atoms with Crippen LogP contribution in [0.5, 0.6) is 0 Å². The van der Waals surface area contributed by atoms with Crippen molar-refractivity contribution in [1.29, 1.82) is 0 Å². The van der Waals surface area contributed by atoms with Gasteiger partial charge in [-0.3, -0.25) is 14.9 Å². The molecule has 0 bridgehead atoms. The monoisotopic (exact) mass is 383 g/mol. The molecule has 2 amide bonds. The number of nitrogen functional groups attached to an aromatic ring is 1. The summed E-state index contributed by atoms with van der Waals surface area (Å²) in [4.78, 5) is 14.8. The largest absolute Gasteiger partial charge is 0.399 e. The molecule has 4 rings (SSSR count). The number of benzene rings is 3. The van der Waals surface area contributed by atoms with Gasteiger partial charge in [0.25, 0.3) is 0 Å². The molecule has 0 atom stereocenters. The Kier molecular flexibility index (Phi) is 4.99. The van der Waals surface area contributed by atoms with E-state index in [4.69, 9.17) is 5.73 Å². The van der Waals surface area contributed by atoms with Gasteiger partial charge < -0.3 is 5.73 Å². The maximum atomic E-state index is 13.2. The fraction of sp³-hybridized carbons (Fsp3) is 0.0435. The second-order valence-electron chi connectivity index (χ2n) is 6.60. The lowest BCUT2D eigenvalue weighted by molar-refractivity contribution is 0.259. The van der Waals surface area contributed by atoms with Crippen molar-refractivity contribution < 1.29 is 4.79 Å². The second kappa shape index (κ2) is 7.90. The molecule has 6 heteroatoms. The van der Waals surface area contributed by atoms with Crippen LogP contribution in [0, 0.1) is 0 Å². The Hall–Kier alpha value is -4.06. The lowest BCUT2D eigenvalue weighted by Gasteiger charge is -2.23. The minimum absolute atomic E-state index is 0.307. The lowest BCUT2D eigenvalue weighted by atomic mass is 10.1. The second-order valence-corrected chi connectivity index (χ2v) is 6.60. The zero-order chi connectivity index (χ0) is 20.2. The molecule has 4 aromatic rings. The molecule has 3 aromatic carbocycles. The number of rotatable bonds is 4. The number of nitrogens with zero attached hydrogens (tertiary/aromatic N) is 3. The highest BCUT2D eigenvalue weighted by atomic mass is 16.2. The van der Waals surface area contributed by atoms with E-state index < -0.39 is 0 Å². The van der Waals surface area contributed by atoms with Gasteiger partial charge in [-0.1, -0.05) is 48.5 Å². The van der Waals surface area contributed by atoms with Crippen LogP contribution in [0.1, 0.15) is 0 Å². The number of amides is 2. The first-order valence-electron chi connectivity index (χ1n) is 9.23. The Balaban J connectivity index is 1.65. The minimum Gasteiger partial charge on any atom is -0.399 e. The molecule has 0 unspecified atom stereocenters. The van der Waals surface area contributed by atoms with Crippen LogP contribution in [0.15, 0.2) is 91.0 Å². The molecule has 0 aliphatic rings. The first-order valence-corrected chi connectivity index (χ1v) is 9.23. The van der Waals surface area contributed by atoms with Crippen molar-refractivity contribution in [3.63, 3.8) is 0 Å². The number of urea groups is 1. The van der Waals surface area contributed by atoms with Crippen molar-refractivity contribution in [1.82, 2.24) is 9.78 Å². The summed E-state index contributed by atoms with van der Waals surface area (Å²) in [5, 5.41) is 7.36. The Bertz CT molecular complexity index is 1110. The van der Waals surface area contributed by atoms with Gasteiger partial charge in [0.1, 0.15) is 0 Å². The van der Waals surface area contributed by atoms with E-state index in [-0.39, 0.29) is 6.03 Å². The van der Waals surface area contributed by atoms with E-state index >= 15 is 0 Å². The zero-order valence-corrected chi connectivity index (χ0v) is 16.0. The van der Waals surface area contributed by atoms with Crippen LogP contribution in [-0.2, 0) is 7.05 Å². The van der Waals surface area contributed by atoms with E-state index in [0.717, 1.165) is 16.9 Å². The van der Waals surface area contributed by atoms with Crippen molar-refractivity contribution in [2.45, 2.75) is 0 Å². The Labute approximate surface area is 169 Å². The summed E-state index contributed by atoms with van der Waals surface area (Å²) in [5.74, 6) is 0.479. The van der Waals surface area contributed by atoms with Gasteiger partial charge in [-0.25, -0.2) is 4.79 Å². The molecular formula is C23H21N5O. The molecule has 0 fully saturated rings. The highest BCUT2D eigenvalue weighted by molar-refractivity contribution is 6.06. The standard InChI is InChI=1S/C23H21N5O/c1-27-21(17-8-4-2-5-9-17)16-22(26-27)25-23(29)28(19-10-6-3-7-11-19)20-14-12-18(24)13-15-20/h2-16H,24H2,1H3,(H,25,26,29). The summed E-state index contributed by atoms with van der Waals surface area (Å²) in [7, 11) is 1.85. The summed E-state index contributed by atoms with van der Waals surface area (Å²) in [6.07, 6.45) is 0. The average Bonchev–Trinajstić information content (AvgIpc) is 3.11. The molecule has 1 aromatic heterocycles. The summed E-state index contributed by atoms with van der Waals surface area (Å²) in [5.41, 5.74) is 9.85. The van der Waals surface area contributed by atoms with Crippen LogP contribution in [0.2, 0.25) is 0 Å². The van der Waals surface area contributed by atoms with Gasteiger partial charge in [0, 0.05) is 18.8 Å². The predicted octanol–water partition coefficient (Wildman–Crippen LogP) is 5.04. The number of nitrogens with one attached hydrogen (secondary N) is 1. The highest BCUT2D eigenvalue weighted by Crippen LogP contribution is 2.28. The summed E-state index contributed by atoms with van der Waals surface area (Å²) >= 11 is 0. The molecule has 0 saturated carbocycles. The third kappa shape index (κ3) is 3.96. The molecule has 0 saturated heterocycles. The number of aromatic nitrogens is 2. The van der Waals surface area contributed by atoms with E-state index in [2.05, 4.69) is 10.4 Å². The van der Waals surface area contributed by atoms with Crippen LogP contribution in [-0.4, -0.2) is 15.8 Å². The molecule has 29 heavy (non-hydrogen) atoms. The van der Waals surface area contributed by atoms with Gasteiger partial charge in [0.2, 0.25) is 0 Å². The van der Waals surface area contributed by atoms with Crippen LogP contribution < -0.4 is 16.0 Å². The smallest absolute Gasteiger partial charge is 0.332 e. The van der Waals surface area contributed by atoms with Gasteiger partial charge in [-0.15, -0.1) is 0 Å². The van der Waals surface area contributed by atoms with Gasteiger partial charge >= 0.3 is 6.03 Å². The predicted molar refractivity (Wildman–Crippen MR) is 117 cm³/mol. The summed E-state index contributed by atoms with van der Waals surface area (Å²) in [6, 6.07) is 28.1. The lowest BCUT2D eigenvalue weighted by Crippen LogP contribution is -2.31. The molecular weight excluding hydrogens is 362 g/mol. The number of hydrogen-bond donors (Lipinski definition) is 2. The van der Waals surface area contributed by atoms with Gasteiger partial charge in [0.15, 0.2) is 5.82 Å². The van der Waals surface area contributed by atoms with Gasteiger partial charge in [-0.05, 0) is 42.0 Å². The molecule has 0 radical (unpaired) electrons. The summed E-state index contributed by atoms with van der Waals surface area (Å²) in [6.45, 7) is 0. The van der Waals surface area contributed by atoms with Crippen LogP contribution >= 0.6 is 0 Å². The fourth-order valence-electron chi connectivity index (χ4n) is 3.16. The SMILES string of the molecule is Cn1nc(NC(=O)N(c2ccccc2)c2ccc(N)cc2)cc1-c1ccccc1. The Morgan fingerprint density at radius 2 is 1.48 bits per heavy atom. The zero-order valence-electron chi connectivity index (χ0n) is 16.0. The Morgan fingerprint density at radius 1 is 0.897 bits per heavy atom. The molecule has 0 aliphatic heterocycles. The van der Waals surface area contributed by atoms with Gasteiger partial charge in [0.05, 0.1) is 17.1 Å². The number of carbonyl (C=O) groups is 1.